The summed E-state index contributed by atoms with van der Waals surface area (Å²) in [5, 5.41) is 12.0. The van der Waals surface area contributed by atoms with Gasteiger partial charge in [-0.25, -0.2) is 4.39 Å². The van der Waals surface area contributed by atoms with Crippen LogP contribution < -0.4 is 5.32 Å². The minimum absolute atomic E-state index is 0.0305. The van der Waals surface area contributed by atoms with Crippen LogP contribution in [0.15, 0.2) is 36.4 Å². The third-order valence-electron chi connectivity index (χ3n) is 2.64. The van der Waals surface area contributed by atoms with E-state index in [1.807, 2.05) is 0 Å². The normalized spacial score (nSPS) is 10.3. The van der Waals surface area contributed by atoms with E-state index < -0.39 is 11.7 Å². The number of phenols is 1. The number of nitrogens with one attached hydrogen (secondary N) is 1. The van der Waals surface area contributed by atoms with Crippen LogP contribution in [0.3, 0.4) is 0 Å². The maximum Gasteiger partial charge on any atom is 0.255 e. The van der Waals surface area contributed by atoms with Gasteiger partial charge in [0.15, 0.2) is 0 Å². The van der Waals surface area contributed by atoms with Crippen molar-refractivity contribution < 1.29 is 14.3 Å². The fraction of sp³-hybridized carbons (Fsp3) is 0.0714. The summed E-state index contributed by atoms with van der Waals surface area (Å²) in [6.45, 7) is 1.72. The lowest BCUT2D eigenvalue weighted by atomic mass is 10.1. The molecule has 2 aromatic carbocycles. The van der Waals surface area contributed by atoms with Crippen molar-refractivity contribution in [2.24, 2.45) is 0 Å². The van der Waals surface area contributed by atoms with Gasteiger partial charge in [-0.15, -0.1) is 0 Å². The Balaban J connectivity index is 2.20. The van der Waals surface area contributed by atoms with Gasteiger partial charge in [0.2, 0.25) is 0 Å². The number of aryl methyl sites for hydroxylation is 1. The van der Waals surface area contributed by atoms with Crippen molar-refractivity contribution in [2.45, 2.75) is 6.92 Å². The van der Waals surface area contributed by atoms with Gasteiger partial charge in [0.1, 0.15) is 11.6 Å². The van der Waals surface area contributed by atoms with Crippen molar-refractivity contribution in [1.29, 1.82) is 0 Å². The first-order valence-corrected chi connectivity index (χ1v) is 5.91. The topological polar surface area (TPSA) is 49.3 Å². The largest absolute Gasteiger partial charge is 0.508 e. The zero-order valence-corrected chi connectivity index (χ0v) is 10.8. The number of phenolic OH excluding ortho intramolecular Hbond substituents is 1. The molecule has 2 aromatic rings. The highest BCUT2D eigenvalue weighted by atomic mass is 35.5. The van der Waals surface area contributed by atoms with Gasteiger partial charge < -0.3 is 10.4 Å². The Kier molecular flexibility index (Phi) is 3.71. The molecule has 5 heteroatoms. The molecule has 2 N–H and O–H groups in total. The smallest absolute Gasteiger partial charge is 0.255 e. The molecular weight excluding hydrogens is 269 g/mol. The number of hydrogen-bond acceptors (Lipinski definition) is 2. The lowest BCUT2D eigenvalue weighted by Crippen LogP contribution is -2.12. The van der Waals surface area contributed by atoms with Crippen molar-refractivity contribution in [2.75, 3.05) is 5.32 Å². The number of hydrogen-bond donors (Lipinski definition) is 2. The number of amides is 1. The molecule has 98 valence electrons. The van der Waals surface area contributed by atoms with Gasteiger partial charge in [-0.05, 0) is 48.9 Å². The number of carbonyl (C=O) groups excluding carboxylic acids is 1. The molecule has 2 rings (SSSR count). The quantitative estimate of drug-likeness (QED) is 0.823. The van der Waals surface area contributed by atoms with Gasteiger partial charge in [-0.2, -0.15) is 0 Å². The van der Waals surface area contributed by atoms with Gasteiger partial charge in [0.05, 0.1) is 5.02 Å². The summed E-state index contributed by atoms with van der Waals surface area (Å²) in [5.74, 6) is -0.938. The van der Waals surface area contributed by atoms with E-state index in [0.717, 1.165) is 6.07 Å². The summed E-state index contributed by atoms with van der Waals surface area (Å²) in [6, 6.07) is 8.51. The highest BCUT2D eigenvalue weighted by molar-refractivity contribution is 6.30. The molecule has 3 nitrogen and oxygen atoms in total. The van der Waals surface area contributed by atoms with Crippen LogP contribution in [-0.4, -0.2) is 11.0 Å². The van der Waals surface area contributed by atoms with Crippen LogP contribution in [0.5, 0.6) is 5.75 Å². The second kappa shape index (κ2) is 5.28. The van der Waals surface area contributed by atoms with Gasteiger partial charge >= 0.3 is 0 Å². The maximum absolute atomic E-state index is 13.3. The van der Waals surface area contributed by atoms with Crippen LogP contribution in [-0.2, 0) is 0 Å². The second-order valence-corrected chi connectivity index (χ2v) is 4.49. The molecule has 0 aromatic heterocycles. The number of anilines is 1. The molecule has 0 saturated carbocycles. The molecule has 19 heavy (non-hydrogen) atoms. The van der Waals surface area contributed by atoms with Crippen molar-refractivity contribution in [1.82, 2.24) is 0 Å². The maximum atomic E-state index is 13.3. The van der Waals surface area contributed by atoms with E-state index in [0.29, 0.717) is 11.3 Å². The second-order valence-electron chi connectivity index (χ2n) is 4.08. The van der Waals surface area contributed by atoms with Crippen molar-refractivity contribution in [3.05, 3.63) is 58.4 Å². The van der Waals surface area contributed by atoms with Crippen molar-refractivity contribution in [3.8, 4) is 5.75 Å². The molecule has 0 saturated heterocycles. The number of aromatic hydroxyl groups is 1. The van der Waals surface area contributed by atoms with Crippen LogP contribution in [0.1, 0.15) is 15.9 Å². The Morgan fingerprint density at radius 3 is 2.63 bits per heavy atom. The first kappa shape index (κ1) is 13.4. The van der Waals surface area contributed by atoms with E-state index in [2.05, 4.69) is 5.32 Å². The highest BCUT2D eigenvalue weighted by Gasteiger charge is 2.09. The molecule has 0 aliphatic carbocycles. The fourth-order valence-electron chi connectivity index (χ4n) is 1.57. The summed E-state index contributed by atoms with van der Waals surface area (Å²) in [6.07, 6.45) is 0. The molecular formula is C14H11ClFNO2. The van der Waals surface area contributed by atoms with E-state index in [4.69, 9.17) is 11.6 Å². The Bertz CT molecular complexity index is 643. The summed E-state index contributed by atoms with van der Waals surface area (Å²) >= 11 is 5.55. The average molecular weight is 280 g/mol. The molecule has 1 amide bonds. The molecule has 0 radical (unpaired) electrons. The van der Waals surface area contributed by atoms with E-state index in [9.17, 15) is 14.3 Å². The van der Waals surface area contributed by atoms with E-state index in [1.54, 1.807) is 19.1 Å². The van der Waals surface area contributed by atoms with Crippen molar-refractivity contribution in [3.63, 3.8) is 0 Å². The van der Waals surface area contributed by atoms with Gasteiger partial charge in [-0.1, -0.05) is 11.6 Å². The minimum Gasteiger partial charge on any atom is -0.508 e. The van der Waals surface area contributed by atoms with Crippen molar-refractivity contribution >= 4 is 23.2 Å². The van der Waals surface area contributed by atoms with Gasteiger partial charge in [-0.3, -0.25) is 4.79 Å². The molecule has 0 aliphatic heterocycles. The predicted molar refractivity (Wildman–Crippen MR) is 72.2 cm³/mol. The van der Waals surface area contributed by atoms with Crippen LogP contribution in [0, 0.1) is 12.7 Å². The van der Waals surface area contributed by atoms with Gasteiger partial charge in [0, 0.05) is 11.3 Å². The summed E-state index contributed by atoms with van der Waals surface area (Å²) in [7, 11) is 0. The highest BCUT2D eigenvalue weighted by Crippen LogP contribution is 2.21. The standard InChI is InChI=1S/C14H11ClFNO2/c1-8-6-10(3-5-13(8)18)17-14(19)9-2-4-11(15)12(16)7-9/h2-7,18H,1H3,(H,17,19). The summed E-state index contributed by atoms with van der Waals surface area (Å²) in [4.78, 5) is 11.9. The third kappa shape index (κ3) is 3.03. The minimum atomic E-state index is -0.642. The Morgan fingerprint density at radius 1 is 1.26 bits per heavy atom. The van der Waals surface area contributed by atoms with E-state index >= 15 is 0 Å². The molecule has 0 fully saturated rings. The molecule has 0 atom stereocenters. The summed E-state index contributed by atoms with van der Waals surface area (Å²) in [5.41, 5.74) is 1.34. The molecule has 0 bridgehead atoms. The average Bonchev–Trinajstić information content (AvgIpc) is 2.37. The Hall–Kier alpha value is -2.07. The fourth-order valence-corrected chi connectivity index (χ4v) is 1.69. The summed E-state index contributed by atoms with van der Waals surface area (Å²) < 4.78 is 13.3. The zero-order valence-electron chi connectivity index (χ0n) is 10.1. The van der Waals surface area contributed by atoms with Crippen LogP contribution >= 0.6 is 11.6 Å². The van der Waals surface area contributed by atoms with E-state index in [1.165, 1.54) is 18.2 Å². The molecule has 0 heterocycles. The molecule has 0 aliphatic rings. The lowest BCUT2D eigenvalue weighted by Gasteiger charge is -2.07. The number of halogens is 2. The van der Waals surface area contributed by atoms with Crippen LogP contribution in [0.2, 0.25) is 5.02 Å². The van der Waals surface area contributed by atoms with Crippen LogP contribution in [0.25, 0.3) is 0 Å². The monoisotopic (exact) mass is 279 g/mol. The Labute approximate surface area is 114 Å². The third-order valence-corrected chi connectivity index (χ3v) is 2.94. The first-order valence-electron chi connectivity index (χ1n) is 5.53. The molecule has 0 unspecified atom stereocenters. The van der Waals surface area contributed by atoms with Gasteiger partial charge in [0.25, 0.3) is 5.91 Å². The predicted octanol–water partition coefficient (Wildman–Crippen LogP) is 3.75. The lowest BCUT2D eigenvalue weighted by molar-refractivity contribution is 0.102. The molecule has 0 spiro atoms. The number of carbonyl (C=O) groups is 1. The van der Waals surface area contributed by atoms with Crippen LogP contribution in [0.4, 0.5) is 10.1 Å². The Morgan fingerprint density at radius 2 is 2.00 bits per heavy atom. The van der Waals surface area contributed by atoms with E-state index in [-0.39, 0.29) is 16.3 Å². The SMILES string of the molecule is Cc1cc(NC(=O)c2ccc(Cl)c(F)c2)ccc1O. The zero-order chi connectivity index (χ0) is 14.0. The first-order chi connectivity index (χ1) is 8.97. The number of rotatable bonds is 2. The number of benzene rings is 2.